The van der Waals surface area contributed by atoms with Crippen LogP contribution in [0.25, 0.3) is 0 Å². The van der Waals surface area contributed by atoms with Crippen LogP contribution in [0.2, 0.25) is 0 Å². The summed E-state index contributed by atoms with van der Waals surface area (Å²) in [6.07, 6.45) is 11.0. The molecule has 0 spiro atoms. The maximum absolute atomic E-state index is 6.04. The Morgan fingerprint density at radius 1 is 1.18 bits per heavy atom. The molecule has 1 aliphatic heterocycles. The van der Waals surface area contributed by atoms with Gasteiger partial charge < -0.3 is 20.1 Å². The van der Waals surface area contributed by atoms with Gasteiger partial charge in [0.25, 0.3) is 0 Å². The summed E-state index contributed by atoms with van der Waals surface area (Å²) in [7, 11) is 1.83. The molecule has 1 fully saturated rings. The van der Waals surface area contributed by atoms with Crippen LogP contribution >= 0.6 is 0 Å². The van der Waals surface area contributed by atoms with Gasteiger partial charge in [-0.05, 0) is 56.1 Å². The standard InChI is InChI=1S/C23H35N3O2/c1-24-23(25-13-10-19-6-3-2-4-7-19)26-17-20-8-5-9-21(16-20)18-28-22-11-14-27-15-12-22/h5-6,8-9,16,22H,2-4,7,10-15,17-18H2,1H3,(H2,24,25,26). The Balaban J connectivity index is 1.39. The predicted octanol–water partition coefficient (Wildman–Crippen LogP) is 3.94. The van der Waals surface area contributed by atoms with E-state index < -0.39 is 0 Å². The minimum absolute atomic E-state index is 0.331. The second kappa shape index (κ2) is 11.9. The topological polar surface area (TPSA) is 54.9 Å². The number of nitrogens with one attached hydrogen (secondary N) is 2. The molecule has 28 heavy (non-hydrogen) atoms. The number of aliphatic imine (C=N–C) groups is 1. The van der Waals surface area contributed by atoms with Crippen molar-refractivity contribution in [3.05, 3.63) is 47.0 Å². The van der Waals surface area contributed by atoms with Gasteiger partial charge in [-0.15, -0.1) is 0 Å². The molecule has 0 saturated carbocycles. The fourth-order valence-corrected chi connectivity index (χ4v) is 3.77. The molecule has 0 atom stereocenters. The molecule has 1 heterocycles. The lowest BCUT2D eigenvalue weighted by Gasteiger charge is -2.22. The number of hydrogen-bond acceptors (Lipinski definition) is 3. The zero-order valence-electron chi connectivity index (χ0n) is 17.2. The maximum atomic E-state index is 6.04. The number of ether oxygens (including phenoxy) is 2. The van der Waals surface area contributed by atoms with Crippen LogP contribution in [-0.2, 0) is 22.6 Å². The van der Waals surface area contributed by atoms with Gasteiger partial charge in [-0.25, -0.2) is 0 Å². The van der Waals surface area contributed by atoms with Crippen molar-refractivity contribution in [2.24, 2.45) is 4.99 Å². The average Bonchev–Trinajstić information content (AvgIpc) is 2.76. The van der Waals surface area contributed by atoms with Gasteiger partial charge in [0.15, 0.2) is 5.96 Å². The van der Waals surface area contributed by atoms with E-state index in [1.807, 2.05) is 7.05 Å². The molecule has 0 bridgehead atoms. The molecule has 3 rings (SSSR count). The minimum atomic E-state index is 0.331. The van der Waals surface area contributed by atoms with Gasteiger partial charge in [0.1, 0.15) is 0 Å². The minimum Gasteiger partial charge on any atom is -0.381 e. The van der Waals surface area contributed by atoms with Gasteiger partial charge in [-0.3, -0.25) is 4.99 Å². The molecule has 2 aliphatic rings. The van der Waals surface area contributed by atoms with Crippen molar-refractivity contribution in [3.63, 3.8) is 0 Å². The Morgan fingerprint density at radius 3 is 2.82 bits per heavy atom. The lowest BCUT2D eigenvalue weighted by molar-refractivity contribution is -0.0390. The summed E-state index contributed by atoms with van der Waals surface area (Å²) in [6, 6.07) is 8.59. The Hall–Kier alpha value is -1.85. The van der Waals surface area contributed by atoms with Crippen LogP contribution in [0, 0.1) is 0 Å². The zero-order chi connectivity index (χ0) is 19.4. The van der Waals surface area contributed by atoms with E-state index in [1.165, 1.54) is 36.8 Å². The van der Waals surface area contributed by atoms with E-state index in [2.05, 4.69) is 46.0 Å². The summed E-state index contributed by atoms with van der Waals surface area (Å²) < 4.78 is 11.4. The van der Waals surface area contributed by atoms with E-state index >= 15 is 0 Å². The zero-order valence-corrected chi connectivity index (χ0v) is 17.2. The molecular weight excluding hydrogens is 350 g/mol. The quantitative estimate of drug-likeness (QED) is 0.404. The van der Waals surface area contributed by atoms with Crippen molar-refractivity contribution in [2.75, 3.05) is 26.8 Å². The highest BCUT2D eigenvalue weighted by molar-refractivity contribution is 5.79. The van der Waals surface area contributed by atoms with Crippen molar-refractivity contribution in [1.29, 1.82) is 0 Å². The Morgan fingerprint density at radius 2 is 2.04 bits per heavy atom. The van der Waals surface area contributed by atoms with Gasteiger partial charge >= 0.3 is 0 Å². The highest BCUT2D eigenvalue weighted by atomic mass is 16.5. The highest BCUT2D eigenvalue weighted by Gasteiger charge is 2.14. The third-order valence-corrected chi connectivity index (χ3v) is 5.45. The number of rotatable bonds is 8. The van der Waals surface area contributed by atoms with Crippen LogP contribution in [0.5, 0.6) is 0 Å². The number of guanidine groups is 1. The summed E-state index contributed by atoms with van der Waals surface area (Å²) >= 11 is 0. The molecule has 0 aromatic heterocycles. The summed E-state index contributed by atoms with van der Waals surface area (Å²) in [6.45, 7) is 3.99. The first-order valence-corrected chi connectivity index (χ1v) is 10.7. The average molecular weight is 386 g/mol. The van der Waals surface area contributed by atoms with Crippen molar-refractivity contribution < 1.29 is 9.47 Å². The van der Waals surface area contributed by atoms with E-state index in [1.54, 1.807) is 5.57 Å². The lowest BCUT2D eigenvalue weighted by atomic mass is 9.97. The van der Waals surface area contributed by atoms with E-state index in [4.69, 9.17) is 9.47 Å². The van der Waals surface area contributed by atoms with Gasteiger partial charge in [-0.1, -0.05) is 35.9 Å². The molecule has 2 N–H and O–H groups in total. The number of allylic oxidation sites excluding steroid dienone is 1. The lowest BCUT2D eigenvalue weighted by Crippen LogP contribution is -2.37. The first-order valence-electron chi connectivity index (χ1n) is 10.7. The van der Waals surface area contributed by atoms with Crippen molar-refractivity contribution in [2.45, 2.75) is 64.2 Å². The Kier molecular flexibility index (Phi) is 8.85. The number of hydrogen-bond donors (Lipinski definition) is 2. The van der Waals surface area contributed by atoms with Gasteiger partial charge in [0, 0.05) is 33.4 Å². The van der Waals surface area contributed by atoms with E-state index in [9.17, 15) is 0 Å². The summed E-state index contributed by atoms with van der Waals surface area (Å²) in [5, 5.41) is 6.85. The first kappa shape index (κ1) is 20.9. The molecule has 0 radical (unpaired) electrons. The Bertz CT molecular complexity index is 651. The summed E-state index contributed by atoms with van der Waals surface area (Å²) in [5.74, 6) is 0.861. The van der Waals surface area contributed by atoms with E-state index in [0.717, 1.165) is 51.5 Å². The molecule has 0 unspecified atom stereocenters. The molecule has 5 heteroatoms. The fraction of sp³-hybridized carbons (Fsp3) is 0.609. The van der Waals surface area contributed by atoms with Crippen LogP contribution in [0.15, 0.2) is 40.9 Å². The molecule has 1 saturated heterocycles. The smallest absolute Gasteiger partial charge is 0.191 e. The summed E-state index contributed by atoms with van der Waals surface area (Å²) in [4.78, 5) is 4.34. The third kappa shape index (κ3) is 7.28. The van der Waals surface area contributed by atoms with Crippen LogP contribution in [0.1, 0.15) is 56.1 Å². The third-order valence-electron chi connectivity index (χ3n) is 5.45. The van der Waals surface area contributed by atoms with Crippen molar-refractivity contribution >= 4 is 5.96 Å². The normalized spacial score (nSPS) is 18.6. The van der Waals surface area contributed by atoms with Gasteiger partial charge in [-0.2, -0.15) is 0 Å². The monoisotopic (exact) mass is 385 g/mol. The number of benzene rings is 1. The molecule has 5 nitrogen and oxygen atoms in total. The molecule has 1 aliphatic carbocycles. The number of nitrogens with zero attached hydrogens (tertiary/aromatic N) is 1. The molecular formula is C23H35N3O2. The maximum Gasteiger partial charge on any atom is 0.191 e. The van der Waals surface area contributed by atoms with Gasteiger partial charge in [0.05, 0.1) is 12.7 Å². The Labute approximate surface area is 169 Å². The second-order valence-corrected chi connectivity index (χ2v) is 7.65. The summed E-state index contributed by atoms with van der Waals surface area (Å²) in [5.41, 5.74) is 4.05. The van der Waals surface area contributed by atoms with E-state index in [0.29, 0.717) is 12.7 Å². The molecule has 1 aromatic rings. The van der Waals surface area contributed by atoms with Crippen LogP contribution in [0.3, 0.4) is 0 Å². The largest absolute Gasteiger partial charge is 0.381 e. The first-order chi connectivity index (χ1) is 13.8. The van der Waals surface area contributed by atoms with Crippen LogP contribution in [0.4, 0.5) is 0 Å². The van der Waals surface area contributed by atoms with Crippen molar-refractivity contribution in [1.82, 2.24) is 10.6 Å². The predicted molar refractivity (Wildman–Crippen MR) is 114 cm³/mol. The van der Waals surface area contributed by atoms with Crippen molar-refractivity contribution in [3.8, 4) is 0 Å². The highest BCUT2D eigenvalue weighted by Crippen LogP contribution is 2.19. The van der Waals surface area contributed by atoms with E-state index in [-0.39, 0.29) is 0 Å². The molecule has 154 valence electrons. The SMILES string of the molecule is CN=C(NCCC1=CCCCC1)NCc1cccc(COC2CCOCC2)c1. The van der Waals surface area contributed by atoms with Crippen LogP contribution in [-0.4, -0.2) is 38.9 Å². The van der Waals surface area contributed by atoms with Gasteiger partial charge in [0.2, 0.25) is 0 Å². The van der Waals surface area contributed by atoms with Crippen LogP contribution < -0.4 is 10.6 Å². The fourth-order valence-electron chi connectivity index (χ4n) is 3.77. The molecule has 0 amide bonds. The second-order valence-electron chi connectivity index (χ2n) is 7.65. The molecule has 1 aromatic carbocycles.